The topological polar surface area (TPSA) is 47.6 Å². The van der Waals surface area contributed by atoms with Gasteiger partial charge in [0.2, 0.25) is 0 Å². The summed E-state index contributed by atoms with van der Waals surface area (Å²) in [4.78, 5) is 11.5. The van der Waals surface area contributed by atoms with Crippen molar-refractivity contribution in [2.45, 2.75) is 57.2 Å². The number of fused-ring (bicyclic) bond motifs is 2. The van der Waals surface area contributed by atoms with E-state index < -0.39 is 0 Å². The quantitative estimate of drug-likeness (QED) is 0.846. The molecule has 1 aromatic rings. The molecule has 4 nitrogen and oxygen atoms in total. The fraction of sp³-hybridized carbons (Fsp3) is 0.588. The van der Waals surface area contributed by atoms with Crippen molar-refractivity contribution < 1.29 is 14.3 Å². The van der Waals surface area contributed by atoms with Crippen molar-refractivity contribution in [3.05, 3.63) is 28.8 Å². The minimum absolute atomic E-state index is 0.229. The van der Waals surface area contributed by atoms with Gasteiger partial charge in [0.15, 0.2) is 0 Å². The molecule has 0 radical (unpaired) electrons. The number of piperidine rings is 1. The molecule has 2 fully saturated rings. The number of rotatable bonds is 5. The van der Waals surface area contributed by atoms with Crippen LogP contribution >= 0.6 is 11.6 Å². The molecule has 1 N–H and O–H groups in total. The number of hydrogen-bond acceptors (Lipinski definition) is 4. The van der Waals surface area contributed by atoms with Gasteiger partial charge in [0.1, 0.15) is 11.9 Å². The molecule has 5 heteroatoms. The number of esters is 1. The third-order valence-electron chi connectivity index (χ3n) is 4.37. The molecule has 22 heavy (non-hydrogen) atoms. The van der Waals surface area contributed by atoms with Crippen LogP contribution in [0, 0.1) is 0 Å². The monoisotopic (exact) mass is 323 g/mol. The smallest absolute Gasteiger partial charge is 0.310 e. The van der Waals surface area contributed by atoms with Gasteiger partial charge in [0, 0.05) is 12.1 Å². The van der Waals surface area contributed by atoms with E-state index in [1.54, 1.807) is 13.0 Å². The van der Waals surface area contributed by atoms with Crippen LogP contribution in [0.2, 0.25) is 5.02 Å². The second-order valence-electron chi connectivity index (χ2n) is 6.10. The Bertz CT molecular complexity index is 537. The number of carbonyl (C=O) groups excluding carboxylic acids is 1. The summed E-state index contributed by atoms with van der Waals surface area (Å²) in [5.41, 5.74) is 0.848. The van der Waals surface area contributed by atoms with Gasteiger partial charge in [-0.3, -0.25) is 4.79 Å². The molecular weight excluding hydrogens is 302 g/mol. The Morgan fingerprint density at radius 2 is 2.05 bits per heavy atom. The maximum Gasteiger partial charge on any atom is 0.310 e. The average molecular weight is 324 g/mol. The molecule has 0 amide bonds. The Balaban J connectivity index is 1.61. The van der Waals surface area contributed by atoms with Crippen LogP contribution in [-0.2, 0) is 16.0 Å². The SMILES string of the molecule is CCOC(=O)Cc1ccc(OC2C[C@H]3CC[C@@H](C2)N3)c(Cl)c1. The van der Waals surface area contributed by atoms with Gasteiger partial charge in [-0.15, -0.1) is 0 Å². The highest BCUT2D eigenvalue weighted by Gasteiger charge is 2.34. The fourth-order valence-electron chi connectivity index (χ4n) is 3.41. The molecule has 2 aliphatic heterocycles. The normalized spacial score (nSPS) is 26.7. The summed E-state index contributed by atoms with van der Waals surface area (Å²) in [6.45, 7) is 2.19. The van der Waals surface area contributed by atoms with Gasteiger partial charge in [0.25, 0.3) is 0 Å². The molecule has 3 rings (SSSR count). The number of nitrogens with one attached hydrogen (secondary N) is 1. The van der Waals surface area contributed by atoms with Crippen LogP contribution in [0.4, 0.5) is 0 Å². The first-order valence-corrected chi connectivity index (χ1v) is 8.38. The van der Waals surface area contributed by atoms with Crippen LogP contribution in [0.5, 0.6) is 5.75 Å². The Morgan fingerprint density at radius 3 is 2.68 bits per heavy atom. The maximum absolute atomic E-state index is 11.5. The first-order valence-electron chi connectivity index (χ1n) is 8.00. The Hall–Kier alpha value is -1.26. The van der Waals surface area contributed by atoms with Crippen molar-refractivity contribution in [2.24, 2.45) is 0 Å². The molecule has 2 heterocycles. The molecule has 0 spiro atoms. The van der Waals surface area contributed by atoms with Gasteiger partial charge in [-0.1, -0.05) is 17.7 Å². The van der Waals surface area contributed by atoms with Crippen LogP contribution in [0.25, 0.3) is 0 Å². The van der Waals surface area contributed by atoms with Gasteiger partial charge >= 0.3 is 5.97 Å². The second kappa shape index (κ2) is 6.88. The summed E-state index contributed by atoms with van der Waals surface area (Å²) in [6.07, 6.45) is 5.04. The fourth-order valence-corrected chi connectivity index (χ4v) is 3.66. The predicted octanol–water partition coefficient (Wildman–Crippen LogP) is 3.11. The Morgan fingerprint density at radius 1 is 1.32 bits per heavy atom. The van der Waals surface area contributed by atoms with Crippen molar-refractivity contribution in [3.8, 4) is 5.75 Å². The third kappa shape index (κ3) is 3.73. The average Bonchev–Trinajstić information content (AvgIpc) is 2.81. The van der Waals surface area contributed by atoms with Crippen molar-refractivity contribution >= 4 is 17.6 Å². The van der Waals surface area contributed by atoms with Crippen LogP contribution in [0.1, 0.15) is 38.2 Å². The first kappa shape index (κ1) is 15.6. The lowest BCUT2D eigenvalue weighted by Crippen LogP contribution is -2.42. The van der Waals surface area contributed by atoms with Gasteiger partial charge < -0.3 is 14.8 Å². The van der Waals surface area contributed by atoms with E-state index in [0.29, 0.717) is 29.5 Å². The van der Waals surface area contributed by atoms with Crippen molar-refractivity contribution in [2.75, 3.05) is 6.61 Å². The zero-order chi connectivity index (χ0) is 15.5. The van der Waals surface area contributed by atoms with E-state index in [-0.39, 0.29) is 18.5 Å². The summed E-state index contributed by atoms with van der Waals surface area (Å²) >= 11 is 6.30. The van der Waals surface area contributed by atoms with Crippen molar-refractivity contribution in [1.29, 1.82) is 0 Å². The zero-order valence-corrected chi connectivity index (χ0v) is 13.6. The van der Waals surface area contributed by atoms with Gasteiger partial charge in [-0.25, -0.2) is 0 Å². The molecule has 1 unspecified atom stereocenters. The standard InChI is InChI=1S/C17H22ClNO3/c1-2-21-17(20)8-11-3-6-16(15(18)7-11)22-14-9-12-4-5-13(10-14)19-12/h3,6-7,12-14,19H,2,4-5,8-10H2,1H3/t12-,13+,14?. The van der Waals surface area contributed by atoms with E-state index in [4.69, 9.17) is 21.1 Å². The summed E-state index contributed by atoms with van der Waals surface area (Å²) in [6, 6.07) is 6.72. The van der Waals surface area contributed by atoms with Gasteiger partial charge in [0.05, 0.1) is 18.1 Å². The molecule has 2 aliphatic rings. The lowest BCUT2D eigenvalue weighted by molar-refractivity contribution is -0.142. The highest BCUT2D eigenvalue weighted by Crippen LogP contribution is 2.32. The van der Waals surface area contributed by atoms with Crippen LogP contribution in [0.3, 0.4) is 0 Å². The summed E-state index contributed by atoms with van der Waals surface area (Å²) in [7, 11) is 0. The van der Waals surface area contributed by atoms with E-state index in [1.807, 2.05) is 12.1 Å². The van der Waals surface area contributed by atoms with E-state index >= 15 is 0 Å². The van der Waals surface area contributed by atoms with E-state index in [1.165, 1.54) is 12.8 Å². The Labute approximate surface area is 136 Å². The molecule has 1 aromatic carbocycles. The van der Waals surface area contributed by atoms with E-state index in [0.717, 1.165) is 18.4 Å². The van der Waals surface area contributed by atoms with E-state index in [9.17, 15) is 4.79 Å². The molecular formula is C17H22ClNO3. The Kier molecular flexibility index (Phi) is 4.89. The van der Waals surface area contributed by atoms with Crippen LogP contribution < -0.4 is 10.1 Å². The summed E-state index contributed by atoms with van der Waals surface area (Å²) in [5, 5.41) is 4.16. The lowest BCUT2D eigenvalue weighted by atomic mass is 10.0. The zero-order valence-electron chi connectivity index (χ0n) is 12.8. The molecule has 0 aromatic heterocycles. The van der Waals surface area contributed by atoms with Gasteiger partial charge in [-0.05, 0) is 50.3 Å². The molecule has 120 valence electrons. The number of benzene rings is 1. The molecule has 0 saturated carbocycles. The first-order chi connectivity index (χ1) is 10.6. The largest absolute Gasteiger partial charge is 0.489 e. The minimum atomic E-state index is -0.234. The molecule has 2 saturated heterocycles. The number of halogens is 1. The van der Waals surface area contributed by atoms with Crippen molar-refractivity contribution in [1.82, 2.24) is 5.32 Å². The number of hydrogen-bond donors (Lipinski definition) is 1. The third-order valence-corrected chi connectivity index (χ3v) is 4.67. The summed E-state index contributed by atoms with van der Waals surface area (Å²) < 4.78 is 11.0. The predicted molar refractivity (Wildman–Crippen MR) is 85.4 cm³/mol. The highest BCUT2D eigenvalue weighted by atomic mass is 35.5. The lowest BCUT2D eigenvalue weighted by Gasteiger charge is -2.29. The number of ether oxygens (including phenoxy) is 2. The minimum Gasteiger partial charge on any atom is -0.489 e. The van der Waals surface area contributed by atoms with Crippen LogP contribution in [-0.4, -0.2) is 30.8 Å². The highest BCUT2D eigenvalue weighted by molar-refractivity contribution is 6.32. The molecule has 0 aliphatic carbocycles. The number of carbonyl (C=O) groups is 1. The van der Waals surface area contributed by atoms with Crippen LogP contribution in [0.15, 0.2) is 18.2 Å². The summed E-state index contributed by atoms with van der Waals surface area (Å²) in [5.74, 6) is 0.475. The maximum atomic E-state index is 11.5. The van der Waals surface area contributed by atoms with Gasteiger partial charge in [-0.2, -0.15) is 0 Å². The molecule has 3 atom stereocenters. The second-order valence-corrected chi connectivity index (χ2v) is 6.50. The van der Waals surface area contributed by atoms with E-state index in [2.05, 4.69) is 5.32 Å². The molecule has 2 bridgehead atoms. The van der Waals surface area contributed by atoms with Crippen molar-refractivity contribution in [3.63, 3.8) is 0 Å².